The molecule has 0 unspecified atom stereocenters. The highest BCUT2D eigenvalue weighted by Gasteiger charge is 2.01. The number of ether oxygens (including phenoxy) is 1. The van der Waals surface area contributed by atoms with Crippen molar-refractivity contribution in [3.05, 3.63) is 42.9 Å². The predicted octanol–water partition coefficient (Wildman–Crippen LogP) is 2.23. The van der Waals surface area contributed by atoms with E-state index in [1.54, 1.807) is 0 Å². The molecule has 0 saturated heterocycles. The first kappa shape index (κ1) is 12.7. The Morgan fingerprint density at radius 3 is 2.69 bits per heavy atom. The lowest BCUT2D eigenvalue weighted by Gasteiger charge is -2.24. The molecular formula is C13H18NO2-. The summed E-state index contributed by atoms with van der Waals surface area (Å²) in [4.78, 5) is 13.0. The zero-order valence-electron chi connectivity index (χ0n) is 9.69. The van der Waals surface area contributed by atoms with Crippen LogP contribution >= 0.6 is 0 Å². The van der Waals surface area contributed by atoms with E-state index in [-0.39, 0.29) is 5.97 Å². The molecule has 0 aromatic heterocycles. The van der Waals surface area contributed by atoms with Gasteiger partial charge in [-0.25, -0.2) is 0 Å². The van der Waals surface area contributed by atoms with Gasteiger partial charge in [-0.05, 0) is 25.6 Å². The average Bonchev–Trinajstić information content (AvgIpc) is 2.28. The minimum absolute atomic E-state index is 0.163. The lowest BCUT2D eigenvalue weighted by molar-refractivity contribution is -0.143. The first-order valence-electron chi connectivity index (χ1n) is 5.47. The smallest absolute Gasteiger partial charge is 0.306 e. The molecule has 88 valence electrons. The fraction of sp³-hybridized carbons (Fsp3) is 0.385. The Bertz CT molecular complexity index is 311. The van der Waals surface area contributed by atoms with Gasteiger partial charge >= 0.3 is 5.97 Å². The molecule has 16 heavy (non-hydrogen) atoms. The Labute approximate surface area is 97.0 Å². The van der Waals surface area contributed by atoms with Crippen LogP contribution in [0, 0.1) is 7.05 Å². The third-order valence-corrected chi connectivity index (χ3v) is 2.19. The third kappa shape index (κ3) is 4.94. The van der Waals surface area contributed by atoms with E-state index in [0.717, 1.165) is 6.54 Å². The molecule has 0 heterocycles. The predicted molar refractivity (Wildman–Crippen MR) is 63.5 cm³/mol. The first-order chi connectivity index (χ1) is 7.72. The molecule has 1 aromatic rings. The third-order valence-electron chi connectivity index (χ3n) is 2.19. The van der Waals surface area contributed by atoms with Crippen LogP contribution < -0.4 is 0 Å². The number of hydrogen-bond donors (Lipinski definition) is 0. The SMILES string of the molecule is [CH2-]N(CCC(=O)OCC)Cc1ccccc1. The summed E-state index contributed by atoms with van der Waals surface area (Å²) in [6, 6.07) is 10.1. The van der Waals surface area contributed by atoms with Crippen molar-refractivity contribution in [3.63, 3.8) is 0 Å². The number of hydrogen-bond acceptors (Lipinski definition) is 3. The van der Waals surface area contributed by atoms with Crippen LogP contribution in [0.3, 0.4) is 0 Å². The Hall–Kier alpha value is -1.35. The van der Waals surface area contributed by atoms with E-state index in [2.05, 4.69) is 7.05 Å². The highest BCUT2D eigenvalue weighted by Crippen LogP contribution is 2.03. The summed E-state index contributed by atoms with van der Waals surface area (Å²) in [5, 5.41) is 0. The molecule has 1 aromatic carbocycles. The van der Waals surface area contributed by atoms with E-state index in [9.17, 15) is 4.79 Å². The number of nitrogens with zero attached hydrogens (tertiary/aromatic N) is 1. The van der Waals surface area contributed by atoms with E-state index in [4.69, 9.17) is 4.74 Å². The van der Waals surface area contributed by atoms with Crippen LogP contribution in [0.5, 0.6) is 0 Å². The summed E-state index contributed by atoms with van der Waals surface area (Å²) in [5.74, 6) is -0.163. The molecular weight excluding hydrogens is 202 g/mol. The molecule has 0 atom stereocenters. The number of carbonyl (C=O) groups is 1. The van der Waals surface area contributed by atoms with E-state index in [0.29, 0.717) is 19.6 Å². The Morgan fingerprint density at radius 1 is 1.38 bits per heavy atom. The van der Waals surface area contributed by atoms with Crippen molar-refractivity contribution in [2.45, 2.75) is 19.9 Å². The summed E-state index contributed by atoms with van der Waals surface area (Å²) in [6.45, 7) is 3.62. The second kappa shape index (κ2) is 7.01. The normalized spacial score (nSPS) is 10.4. The van der Waals surface area contributed by atoms with Crippen molar-refractivity contribution in [2.75, 3.05) is 13.2 Å². The number of esters is 1. The van der Waals surface area contributed by atoms with Crippen LogP contribution in [0.25, 0.3) is 0 Å². The van der Waals surface area contributed by atoms with Gasteiger partial charge in [0, 0.05) is 0 Å². The van der Waals surface area contributed by atoms with Gasteiger partial charge in [-0.15, -0.1) is 0 Å². The van der Waals surface area contributed by atoms with Gasteiger partial charge in [0.15, 0.2) is 0 Å². The number of carbonyl (C=O) groups excluding carboxylic acids is 1. The van der Waals surface area contributed by atoms with Crippen molar-refractivity contribution in [1.29, 1.82) is 0 Å². The van der Waals surface area contributed by atoms with Crippen LogP contribution in [-0.2, 0) is 16.1 Å². The lowest BCUT2D eigenvalue weighted by Crippen LogP contribution is -2.20. The van der Waals surface area contributed by atoms with Gasteiger partial charge in [0.2, 0.25) is 0 Å². The molecule has 1 rings (SSSR count). The molecule has 0 aliphatic heterocycles. The lowest BCUT2D eigenvalue weighted by atomic mass is 10.2. The molecule has 0 N–H and O–H groups in total. The summed E-state index contributed by atoms with van der Waals surface area (Å²) >= 11 is 0. The van der Waals surface area contributed by atoms with Gasteiger partial charge in [-0.1, -0.05) is 30.3 Å². The van der Waals surface area contributed by atoms with E-state index in [1.165, 1.54) is 5.56 Å². The van der Waals surface area contributed by atoms with Crippen LogP contribution in [0.2, 0.25) is 0 Å². The minimum Gasteiger partial charge on any atom is -0.466 e. The molecule has 0 fully saturated rings. The number of rotatable bonds is 6. The van der Waals surface area contributed by atoms with Gasteiger partial charge in [0.05, 0.1) is 13.0 Å². The van der Waals surface area contributed by atoms with Crippen molar-refractivity contribution in [1.82, 2.24) is 4.90 Å². The second-order valence-corrected chi connectivity index (χ2v) is 3.59. The maximum absolute atomic E-state index is 11.1. The van der Waals surface area contributed by atoms with E-state index >= 15 is 0 Å². The van der Waals surface area contributed by atoms with Crippen LogP contribution in [0.15, 0.2) is 30.3 Å². The van der Waals surface area contributed by atoms with Gasteiger partial charge in [-0.3, -0.25) is 11.8 Å². The van der Waals surface area contributed by atoms with Crippen LogP contribution in [0.4, 0.5) is 0 Å². The molecule has 0 aliphatic rings. The maximum Gasteiger partial charge on any atom is 0.306 e. The Balaban J connectivity index is 2.26. The molecule has 0 spiro atoms. The van der Waals surface area contributed by atoms with Gasteiger partial charge in [-0.2, -0.15) is 0 Å². The molecule has 3 nitrogen and oxygen atoms in total. The molecule has 0 aliphatic carbocycles. The largest absolute Gasteiger partial charge is 0.466 e. The summed E-state index contributed by atoms with van der Waals surface area (Å²) < 4.78 is 4.85. The first-order valence-corrected chi connectivity index (χ1v) is 5.47. The van der Waals surface area contributed by atoms with Crippen molar-refractivity contribution in [3.8, 4) is 0 Å². The average molecular weight is 220 g/mol. The zero-order chi connectivity index (χ0) is 11.8. The van der Waals surface area contributed by atoms with Crippen molar-refractivity contribution >= 4 is 5.97 Å². The summed E-state index contributed by atoms with van der Waals surface area (Å²) in [6.07, 6.45) is 0.393. The second-order valence-electron chi connectivity index (χ2n) is 3.59. The molecule has 0 radical (unpaired) electrons. The number of benzene rings is 1. The molecule has 0 bridgehead atoms. The monoisotopic (exact) mass is 220 g/mol. The van der Waals surface area contributed by atoms with Crippen LogP contribution in [0.1, 0.15) is 18.9 Å². The quantitative estimate of drug-likeness (QED) is 0.544. The van der Waals surface area contributed by atoms with Crippen molar-refractivity contribution < 1.29 is 9.53 Å². The molecule has 0 amide bonds. The standard InChI is InChI=1S/C13H18NO2/c1-3-16-13(15)9-10-14(2)11-12-7-5-4-6-8-12/h4-8H,2-3,9-11H2,1H3/q-1. The molecule has 0 saturated carbocycles. The van der Waals surface area contributed by atoms with Crippen molar-refractivity contribution in [2.24, 2.45) is 0 Å². The maximum atomic E-state index is 11.1. The topological polar surface area (TPSA) is 29.5 Å². The van der Waals surface area contributed by atoms with E-state index in [1.807, 2.05) is 42.2 Å². The van der Waals surface area contributed by atoms with Gasteiger partial charge < -0.3 is 9.64 Å². The summed E-state index contributed by atoms with van der Waals surface area (Å²) in [7, 11) is 3.89. The highest BCUT2D eigenvalue weighted by atomic mass is 16.5. The van der Waals surface area contributed by atoms with E-state index < -0.39 is 0 Å². The van der Waals surface area contributed by atoms with Crippen LogP contribution in [-0.4, -0.2) is 24.0 Å². The highest BCUT2D eigenvalue weighted by molar-refractivity contribution is 5.69. The zero-order valence-corrected chi connectivity index (χ0v) is 9.69. The van der Waals surface area contributed by atoms with Gasteiger partial charge in [0.25, 0.3) is 0 Å². The summed E-state index contributed by atoms with van der Waals surface area (Å²) in [5.41, 5.74) is 1.20. The fourth-order valence-corrected chi connectivity index (χ4v) is 1.40. The minimum atomic E-state index is -0.163. The fourth-order valence-electron chi connectivity index (χ4n) is 1.40. The molecule has 3 heteroatoms. The Morgan fingerprint density at radius 2 is 2.06 bits per heavy atom. The Kier molecular flexibility index (Phi) is 5.57. The van der Waals surface area contributed by atoms with Gasteiger partial charge in [0.1, 0.15) is 0 Å².